The summed E-state index contributed by atoms with van der Waals surface area (Å²) in [5, 5.41) is 18.2. The van der Waals surface area contributed by atoms with Crippen molar-refractivity contribution in [3.05, 3.63) is 12.2 Å². The first-order chi connectivity index (χ1) is 4.70. The Kier molecular flexibility index (Phi) is 5.26. The second kappa shape index (κ2) is 5.45. The molecule has 2 heteroatoms. The van der Waals surface area contributed by atoms with E-state index in [1.165, 1.54) is 0 Å². The van der Waals surface area contributed by atoms with E-state index < -0.39 is 6.10 Å². The molecule has 60 valence electrons. The molecule has 10 heavy (non-hydrogen) atoms. The molecule has 0 aromatic carbocycles. The van der Waals surface area contributed by atoms with Crippen molar-refractivity contribution in [2.75, 3.05) is 0 Å². The maximum absolute atomic E-state index is 9.10. The van der Waals surface area contributed by atoms with E-state index in [4.69, 9.17) is 10.2 Å². The first-order valence-corrected chi connectivity index (χ1v) is 3.69. The van der Waals surface area contributed by atoms with Gasteiger partial charge in [-0.05, 0) is 13.3 Å². The number of aliphatic hydroxyl groups is 2. The number of hydrogen-bond acceptors (Lipinski definition) is 2. The third kappa shape index (κ3) is 4.53. The molecule has 0 aliphatic heterocycles. The first-order valence-electron chi connectivity index (χ1n) is 3.69. The first kappa shape index (κ1) is 9.66. The number of aliphatic hydroxyl groups excluding tert-OH is 2. The van der Waals surface area contributed by atoms with Crippen molar-refractivity contribution in [3.63, 3.8) is 0 Å². The molecule has 0 radical (unpaired) electrons. The topological polar surface area (TPSA) is 40.5 Å². The van der Waals surface area contributed by atoms with Crippen LogP contribution in [0, 0.1) is 0 Å². The molecule has 2 N–H and O–H groups in total. The van der Waals surface area contributed by atoms with Crippen LogP contribution in [0.3, 0.4) is 0 Å². The molecule has 0 amide bonds. The molecule has 0 bridgehead atoms. The summed E-state index contributed by atoms with van der Waals surface area (Å²) in [6.45, 7) is 3.74. The minimum atomic E-state index is -0.486. The quantitative estimate of drug-likeness (QED) is 0.580. The van der Waals surface area contributed by atoms with E-state index in [9.17, 15) is 0 Å². The molecule has 0 aliphatic rings. The summed E-state index contributed by atoms with van der Waals surface area (Å²) < 4.78 is 0. The van der Waals surface area contributed by atoms with Crippen molar-refractivity contribution in [2.24, 2.45) is 0 Å². The Morgan fingerprint density at radius 3 is 2.40 bits per heavy atom. The maximum atomic E-state index is 9.10. The van der Waals surface area contributed by atoms with Gasteiger partial charge in [0.05, 0.1) is 12.2 Å². The van der Waals surface area contributed by atoms with Crippen LogP contribution in [0.25, 0.3) is 0 Å². The fourth-order valence-electron chi connectivity index (χ4n) is 0.746. The Hall–Kier alpha value is -0.340. The van der Waals surface area contributed by atoms with Crippen LogP contribution >= 0.6 is 0 Å². The van der Waals surface area contributed by atoms with Crippen molar-refractivity contribution >= 4 is 0 Å². The maximum Gasteiger partial charge on any atom is 0.0745 e. The number of rotatable bonds is 4. The molecule has 2 nitrogen and oxygen atoms in total. The smallest absolute Gasteiger partial charge is 0.0745 e. The van der Waals surface area contributed by atoms with Crippen molar-refractivity contribution in [1.82, 2.24) is 0 Å². The van der Waals surface area contributed by atoms with E-state index in [-0.39, 0.29) is 6.10 Å². The summed E-state index contributed by atoms with van der Waals surface area (Å²) in [7, 11) is 0. The lowest BCUT2D eigenvalue weighted by Gasteiger charge is -2.09. The molecular formula is C8H16O2. The van der Waals surface area contributed by atoms with Crippen LogP contribution in [0.4, 0.5) is 0 Å². The highest BCUT2D eigenvalue weighted by Gasteiger charge is 2.05. The average Bonchev–Trinajstić information content (AvgIpc) is 1.88. The minimum absolute atomic E-state index is 0.369. The zero-order valence-corrected chi connectivity index (χ0v) is 6.62. The van der Waals surface area contributed by atoms with Gasteiger partial charge in [0.25, 0.3) is 0 Å². The van der Waals surface area contributed by atoms with Crippen molar-refractivity contribution in [2.45, 2.75) is 38.9 Å². The highest BCUT2D eigenvalue weighted by molar-refractivity contribution is 4.86. The molecule has 2 atom stereocenters. The van der Waals surface area contributed by atoms with Gasteiger partial charge in [0.15, 0.2) is 0 Å². The van der Waals surface area contributed by atoms with Crippen LogP contribution in [0.5, 0.6) is 0 Å². The van der Waals surface area contributed by atoms with E-state index in [0.29, 0.717) is 12.8 Å². The van der Waals surface area contributed by atoms with Crippen LogP contribution < -0.4 is 0 Å². The molecule has 0 spiro atoms. The zero-order chi connectivity index (χ0) is 7.98. The third-order valence-electron chi connectivity index (χ3n) is 1.40. The second-order valence-corrected chi connectivity index (χ2v) is 2.39. The van der Waals surface area contributed by atoms with E-state index in [1.807, 2.05) is 13.8 Å². The molecule has 0 rings (SSSR count). The summed E-state index contributed by atoms with van der Waals surface area (Å²) in [6, 6.07) is 0. The fraction of sp³-hybridized carbons (Fsp3) is 0.750. The van der Waals surface area contributed by atoms with E-state index in [1.54, 1.807) is 12.2 Å². The van der Waals surface area contributed by atoms with Crippen LogP contribution in [-0.2, 0) is 0 Å². The molecule has 0 heterocycles. The normalized spacial score (nSPS) is 17.6. The Balaban J connectivity index is 3.46. The van der Waals surface area contributed by atoms with Gasteiger partial charge in [-0.25, -0.2) is 0 Å². The monoisotopic (exact) mass is 144 g/mol. The molecule has 2 unspecified atom stereocenters. The van der Waals surface area contributed by atoms with Gasteiger partial charge in [-0.2, -0.15) is 0 Å². The third-order valence-corrected chi connectivity index (χ3v) is 1.40. The zero-order valence-electron chi connectivity index (χ0n) is 6.62. The van der Waals surface area contributed by atoms with Gasteiger partial charge in [-0.1, -0.05) is 19.1 Å². The van der Waals surface area contributed by atoms with Gasteiger partial charge in [0.2, 0.25) is 0 Å². The Morgan fingerprint density at radius 2 is 2.00 bits per heavy atom. The SMILES string of the molecule is CC=CC(O)CC(O)CC. The summed E-state index contributed by atoms with van der Waals surface area (Å²) >= 11 is 0. The number of allylic oxidation sites excluding steroid dienone is 1. The molecule has 0 aromatic rings. The molecule has 0 aromatic heterocycles. The molecular weight excluding hydrogens is 128 g/mol. The van der Waals surface area contributed by atoms with Gasteiger partial charge in [-0.3, -0.25) is 0 Å². The summed E-state index contributed by atoms with van der Waals surface area (Å²) in [6.07, 6.45) is 3.76. The Morgan fingerprint density at radius 1 is 1.40 bits per heavy atom. The fourth-order valence-corrected chi connectivity index (χ4v) is 0.746. The standard InChI is InChI=1S/C8H16O2/c1-3-5-8(10)6-7(9)4-2/h3,5,7-10H,4,6H2,1-2H3. The summed E-state index contributed by atoms with van der Waals surface area (Å²) in [4.78, 5) is 0. The van der Waals surface area contributed by atoms with Crippen LogP contribution in [0.1, 0.15) is 26.7 Å². The summed E-state index contributed by atoms with van der Waals surface area (Å²) in [5.41, 5.74) is 0. The van der Waals surface area contributed by atoms with Crippen molar-refractivity contribution < 1.29 is 10.2 Å². The van der Waals surface area contributed by atoms with Crippen molar-refractivity contribution in [3.8, 4) is 0 Å². The molecule has 0 saturated carbocycles. The van der Waals surface area contributed by atoms with E-state index in [0.717, 1.165) is 0 Å². The highest BCUT2D eigenvalue weighted by Crippen LogP contribution is 2.02. The second-order valence-electron chi connectivity index (χ2n) is 2.39. The molecule has 0 aliphatic carbocycles. The van der Waals surface area contributed by atoms with Crippen LogP contribution in [-0.4, -0.2) is 22.4 Å². The average molecular weight is 144 g/mol. The minimum Gasteiger partial charge on any atom is -0.393 e. The Bertz CT molecular complexity index is 99.4. The van der Waals surface area contributed by atoms with Gasteiger partial charge in [0.1, 0.15) is 0 Å². The van der Waals surface area contributed by atoms with Crippen LogP contribution in [0.15, 0.2) is 12.2 Å². The van der Waals surface area contributed by atoms with Gasteiger partial charge in [-0.15, -0.1) is 0 Å². The lowest BCUT2D eigenvalue weighted by atomic mass is 10.1. The Labute approximate surface area is 62.2 Å². The predicted molar refractivity (Wildman–Crippen MR) is 41.7 cm³/mol. The van der Waals surface area contributed by atoms with Gasteiger partial charge >= 0.3 is 0 Å². The van der Waals surface area contributed by atoms with Gasteiger partial charge < -0.3 is 10.2 Å². The van der Waals surface area contributed by atoms with E-state index in [2.05, 4.69) is 0 Å². The summed E-state index contributed by atoms with van der Waals surface area (Å²) in [5.74, 6) is 0. The van der Waals surface area contributed by atoms with Gasteiger partial charge in [0, 0.05) is 6.42 Å². The molecule has 0 fully saturated rings. The van der Waals surface area contributed by atoms with E-state index >= 15 is 0 Å². The predicted octanol–water partition coefficient (Wildman–Crippen LogP) is 1.08. The lowest BCUT2D eigenvalue weighted by Crippen LogP contribution is -2.14. The highest BCUT2D eigenvalue weighted by atomic mass is 16.3. The lowest BCUT2D eigenvalue weighted by molar-refractivity contribution is 0.101. The largest absolute Gasteiger partial charge is 0.393 e. The molecule has 0 saturated heterocycles. The van der Waals surface area contributed by atoms with Crippen molar-refractivity contribution in [1.29, 1.82) is 0 Å². The number of hydrogen-bond donors (Lipinski definition) is 2. The van der Waals surface area contributed by atoms with Crippen LogP contribution in [0.2, 0.25) is 0 Å².